The van der Waals surface area contributed by atoms with Crippen molar-refractivity contribution >= 4 is 17.0 Å². The third-order valence-electron chi connectivity index (χ3n) is 6.54. The second-order valence-corrected chi connectivity index (χ2v) is 9.25. The van der Waals surface area contributed by atoms with Crippen molar-refractivity contribution in [1.82, 2.24) is 14.9 Å². The number of nitrogens with zero attached hydrogens (tertiary/aromatic N) is 4. The Morgan fingerprint density at radius 2 is 1.79 bits per heavy atom. The number of aromatic nitrogens is 2. The summed E-state index contributed by atoms with van der Waals surface area (Å²) in [6, 6.07) is 11.1. The predicted octanol–water partition coefficient (Wildman–Crippen LogP) is 4.71. The number of pyridine rings is 2. The van der Waals surface area contributed by atoms with Crippen molar-refractivity contribution in [1.29, 1.82) is 5.26 Å². The van der Waals surface area contributed by atoms with Crippen molar-refractivity contribution in [2.75, 3.05) is 41.5 Å². The van der Waals surface area contributed by atoms with Crippen LogP contribution >= 0.6 is 0 Å². The zero-order valence-electron chi connectivity index (χ0n) is 22.2. The first-order valence-electron chi connectivity index (χ1n) is 12.4. The second-order valence-electron chi connectivity index (χ2n) is 9.25. The highest BCUT2D eigenvalue weighted by Gasteiger charge is 2.23. The maximum absolute atomic E-state index is 12.4. The van der Waals surface area contributed by atoms with E-state index in [1.165, 1.54) is 18.2 Å². The molecule has 10 nitrogen and oxygen atoms in total. The normalized spacial score (nSPS) is 13.6. The van der Waals surface area contributed by atoms with Crippen molar-refractivity contribution in [2.45, 2.75) is 18.9 Å². The van der Waals surface area contributed by atoms with E-state index in [-0.39, 0.29) is 12.0 Å². The van der Waals surface area contributed by atoms with Crippen LogP contribution in [0.4, 0.5) is 0 Å². The van der Waals surface area contributed by atoms with E-state index in [2.05, 4.69) is 16.0 Å². The number of furan rings is 1. The number of hydrogen-bond donors (Lipinski definition) is 0. The molecule has 0 radical (unpaired) electrons. The minimum Gasteiger partial charge on any atom is -0.494 e. The molecular weight excluding hydrogens is 500 g/mol. The first kappa shape index (κ1) is 26.0. The van der Waals surface area contributed by atoms with E-state index in [9.17, 15) is 10.1 Å². The van der Waals surface area contributed by atoms with Crippen molar-refractivity contribution in [3.63, 3.8) is 0 Å². The molecule has 4 aromatic rings. The van der Waals surface area contributed by atoms with Gasteiger partial charge in [-0.15, -0.1) is 0 Å². The van der Waals surface area contributed by atoms with E-state index >= 15 is 0 Å². The van der Waals surface area contributed by atoms with Crippen LogP contribution in [0, 0.1) is 11.3 Å². The summed E-state index contributed by atoms with van der Waals surface area (Å²) in [5.41, 5.74) is 3.60. The summed E-state index contributed by atoms with van der Waals surface area (Å²) < 4.78 is 29.0. The average molecular weight is 529 g/mol. The zero-order valence-corrected chi connectivity index (χ0v) is 22.2. The van der Waals surface area contributed by atoms with Gasteiger partial charge >= 0.3 is 0 Å². The van der Waals surface area contributed by atoms with Gasteiger partial charge in [0.25, 0.3) is 5.91 Å². The molecule has 4 heterocycles. The van der Waals surface area contributed by atoms with Gasteiger partial charge in [0, 0.05) is 39.2 Å². The molecule has 5 rings (SSSR count). The summed E-state index contributed by atoms with van der Waals surface area (Å²) in [6.07, 6.45) is 4.66. The van der Waals surface area contributed by atoms with Gasteiger partial charge in [0.15, 0.2) is 11.3 Å². The van der Waals surface area contributed by atoms with Gasteiger partial charge in [-0.3, -0.25) is 4.79 Å². The highest BCUT2D eigenvalue weighted by molar-refractivity contribution is 5.97. The number of carbonyl (C=O) groups is 1. The molecule has 0 N–H and O–H groups in total. The van der Waals surface area contributed by atoms with Gasteiger partial charge in [0.1, 0.15) is 40.6 Å². The van der Waals surface area contributed by atoms with Crippen LogP contribution in [-0.4, -0.2) is 68.4 Å². The van der Waals surface area contributed by atoms with Crippen LogP contribution in [0.15, 0.2) is 47.1 Å². The summed E-state index contributed by atoms with van der Waals surface area (Å²) in [5.74, 6) is 1.61. The van der Waals surface area contributed by atoms with E-state index in [0.717, 1.165) is 12.8 Å². The molecule has 0 aliphatic carbocycles. The number of ether oxygens (including phenoxy) is 4. The number of hydrogen-bond acceptors (Lipinski definition) is 9. The fourth-order valence-electron chi connectivity index (χ4n) is 4.52. The number of amides is 1. The number of fused-ring (bicyclic) bond motifs is 1. The van der Waals surface area contributed by atoms with Gasteiger partial charge in [0.05, 0.1) is 50.3 Å². The summed E-state index contributed by atoms with van der Waals surface area (Å²) in [4.78, 5) is 22.8. The molecule has 0 spiro atoms. The van der Waals surface area contributed by atoms with Crippen molar-refractivity contribution < 1.29 is 28.2 Å². The SMILES string of the molecule is COc1cc(C(=O)N(C)C)cnc1-c1cc2ncc(OC)c(-c3ccc(OC4CCOCC4)c(C#N)c3)c2o1. The molecule has 1 aliphatic rings. The van der Waals surface area contributed by atoms with Crippen LogP contribution in [0.3, 0.4) is 0 Å². The average Bonchev–Trinajstić information content (AvgIpc) is 3.40. The fraction of sp³-hybridized carbons (Fsp3) is 0.310. The van der Waals surface area contributed by atoms with Gasteiger partial charge in [-0.2, -0.15) is 5.26 Å². The van der Waals surface area contributed by atoms with E-state index in [1.807, 2.05) is 6.07 Å². The van der Waals surface area contributed by atoms with Crippen LogP contribution in [0.2, 0.25) is 0 Å². The van der Waals surface area contributed by atoms with E-state index < -0.39 is 0 Å². The Balaban J connectivity index is 1.57. The largest absolute Gasteiger partial charge is 0.494 e. The predicted molar refractivity (Wildman–Crippen MR) is 143 cm³/mol. The molecule has 1 aliphatic heterocycles. The smallest absolute Gasteiger partial charge is 0.255 e. The third-order valence-corrected chi connectivity index (χ3v) is 6.54. The van der Waals surface area contributed by atoms with Crippen molar-refractivity contribution in [2.24, 2.45) is 0 Å². The minimum atomic E-state index is -0.191. The summed E-state index contributed by atoms with van der Waals surface area (Å²) in [7, 11) is 6.40. The maximum Gasteiger partial charge on any atom is 0.255 e. The van der Waals surface area contributed by atoms with Gasteiger partial charge in [-0.05, 0) is 23.8 Å². The molecule has 39 heavy (non-hydrogen) atoms. The number of benzene rings is 1. The summed E-state index contributed by atoms with van der Waals surface area (Å²) in [6.45, 7) is 1.29. The highest BCUT2D eigenvalue weighted by atomic mass is 16.5. The Morgan fingerprint density at radius 3 is 2.49 bits per heavy atom. The molecule has 0 saturated carbocycles. The Kier molecular flexibility index (Phi) is 7.34. The maximum atomic E-state index is 12.4. The standard InChI is InChI=1S/C29H28N4O6/c1-33(2)29(34)19-12-23(35-3)27(32-15-19)24-13-21-28(39-24)26(25(36-4)16-31-21)17-5-6-22(18(11-17)14-30)38-20-7-9-37-10-8-20/h5-6,11-13,15-16,20H,7-10H2,1-4H3. The molecular formula is C29H28N4O6. The topological polar surface area (TPSA) is 120 Å². The molecule has 1 fully saturated rings. The monoisotopic (exact) mass is 528 g/mol. The van der Waals surface area contributed by atoms with Crippen LogP contribution in [-0.2, 0) is 4.74 Å². The molecule has 200 valence electrons. The van der Waals surface area contributed by atoms with Gasteiger partial charge in [-0.25, -0.2) is 9.97 Å². The second kappa shape index (κ2) is 11.0. The Hall–Kier alpha value is -4.62. The Labute approximate surface area is 225 Å². The van der Waals surface area contributed by atoms with E-state index in [0.29, 0.717) is 75.3 Å². The van der Waals surface area contributed by atoms with Crippen LogP contribution < -0.4 is 14.2 Å². The van der Waals surface area contributed by atoms with Crippen molar-refractivity contribution in [3.8, 4) is 45.9 Å². The summed E-state index contributed by atoms with van der Waals surface area (Å²) in [5, 5.41) is 9.89. The molecule has 1 amide bonds. The molecule has 1 aromatic carbocycles. The van der Waals surface area contributed by atoms with E-state index in [4.69, 9.17) is 23.4 Å². The molecule has 1 saturated heterocycles. The first-order valence-corrected chi connectivity index (χ1v) is 12.4. The zero-order chi connectivity index (χ0) is 27.5. The fourth-order valence-corrected chi connectivity index (χ4v) is 4.52. The molecule has 3 aromatic heterocycles. The van der Waals surface area contributed by atoms with Gasteiger partial charge < -0.3 is 28.3 Å². The Morgan fingerprint density at radius 1 is 1.03 bits per heavy atom. The van der Waals surface area contributed by atoms with Crippen LogP contribution in [0.5, 0.6) is 17.2 Å². The van der Waals surface area contributed by atoms with E-state index in [1.54, 1.807) is 51.7 Å². The van der Waals surface area contributed by atoms with Crippen LogP contribution in [0.1, 0.15) is 28.8 Å². The number of nitriles is 1. The molecule has 0 atom stereocenters. The highest BCUT2D eigenvalue weighted by Crippen LogP contribution is 2.41. The minimum absolute atomic E-state index is 0.00777. The number of methoxy groups -OCH3 is 2. The number of carbonyl (C=O) groups excluding carboxylic acids is 1. The third kappa shape index (κ3) is 5.09. The lowest BCUT2D eigenvalue weighted by atomic mass is 10.0. The quantitative estimate of drug-likeness (QED) is 0.336. The summed E-state index contributed by atoms with van der Waals surface area (Å²) >= 11 is 0. The number of rotatable bonds is 7. The lowest BCUT2D eigenvalue weighted by Gasteiger charge is -2.24. The molecule has 0 bridgehead atoms. The molecule has 10 heteroatoms. The first-order chi connectivity index (χ1) is 18.9. The van der Waals surface area contributed by atoms with Gasteiger partial charge in [0.2, 0.25) is 0 Å². The lowest BCUT2D eigenvalue weighted by Crippen LogP contribution is -2.26. The van der Waals surface area contributed by atoms with Gasteiger partial charge in [-0.1, -0.05) is 6.07 Å². The molecule has 0 unspecified atom stereocenters. The van der Waals surface area contributed by atoms with Crippen molar-refractivity contribution in [3.05, 3.63) is 53.9 Å². The van der Waals surface area contributed by atoms with Crippen LogP contribution in [0.25, 0.3) is 33.7 Å². The Bertz CT molecular complexity index is 1570. The lowest BCUT2D eigenvalue weighted by molar-refractivity contribution is 0.0254.